The van der Waals surface area contributed by atoms with Crippen molar-refractivity contribution in [3.8, 4) is 0 Å². The molecule has 0 radical (unpaired) electrons. The zero-order valence-corrected chi connectivity index (χ0v) is 17.5. The third-order valence-electron chi connectivity index (χ3n) is 6.77. The number of nitrogens with zero attached hydrogens (tertiary/aromatic N) is 4. The number of anilines is 2. The lowest BCUT2D eigenvalue weighted by atomic mass is 9.85. The number of hydrogen-bond acceptors (Lipinski definition) is 5. The summed E-state index contributed by atoms with van der Waals surface area (Å²) in [7, 11) is 0. The van der Waals surface area contributed by atoms with E-state index in [1.54, 1.807) is 0 Å². The predicted molar refractivity (Wildman–Crippen MR) is 120 cm³/mol. The van der Waals surface area contributed by atoms with Crippen molar-refractivity contribution in [2.45, 2.75) is 31.3 Å². The van der Waals surface area contributed by atoms with E-state index in [2.05, 4.69) is 39.7 Å². The molecular weight excluding hydrogens is 402 g/mol. The quantitative estimate of drug-likeness (QED) is 0.509. The summed E-state index contributed by atoms with van der Waals surface area (Å²) >= 11 is 0. The van der Waals surface area contributed by atoms with Gasteiger partial charge in [0.15, 0.2) is 0 Å². The zero-order chi connectivity index (χ0) is 21.7. The van der Waals surface area contributed by atoms with E-state index < -0.39 is 0 Å². The van der Waals surface area contributed by atoms with Gasteiger partial charge < -0.3 is 5.32 Å². The smallest absolute Gasteiger partial charge is 0.260 e. The topological polar surface area (TPSA) is 80.1 Å². The monoisotopic (exact) mass is 425 g/mol. The average molecular weight is 425 g/mol. The zero-order valence-electron chi connectivity index (χ0n) is 17.5. The van der Waals surface area contributed by atoms with E-state index in [1.165, 1.54) is 4.90 Å². The highest BCUT2D eigenvalue weighted by atomic mass is 16.2. The highest BCUT2D eigenvalue weighted by Gasteiger charge is 2.49. The molecule has 1 aromatic heterocycles. The molecule has 7 heteroatoms. The van der Waals surface area contributed by atoms with Gasteiger partial charge in [-0.2, -0.15) is 4.98 Å². The van der Waals surface area contributed by atoms with Crippen molar-refractivity contribution < 1.29 is 9.59 Å². The first-order valence-corrected chi connectivity index (χ1v) is 11.1. The van der Waals surface area contributed by atoms with Crippen molar-refractivity contribution >= 4 is 23.7 Å². The lowest BCUT2D eigenvalue weighted by Crippen LogP contribution is -2.32. The summed E-state index contributed by atoms with van der Waals surface area (Å²) in [6.07, 6.45) is 5.94. The van der Waals surface area contributed by atoms with Crippen molar-refractivity contribution in [2.24, 2.45) is 11.8 Å². The summed E-state index contributed by atoms with van der Waals surface area (Å²) in [6, 6.07) is 20.4. The van der Waals surface area contributed by atoms with Crippen molar-refractivity contribution in [1.29, 1.82) is 0 Å². The number of amides is 2. The molecule has 1 aliphatic carbocycles. The number of fused-ring (bicyclic) bond motifs is 2. The third-order valence-corrected chi connectivity index (χ3v) is 6.77. The second-order valence-corrected chi connectivity index (χ2v) is 8.62. The average Bonchev–Trinajstić information content (AvgIpc) is 3.38. The SMILES string of the molecule is O=C1[C@H]2CC=CC[C@@H]2C(=O)N1c1nc2n(n1)[C@@H](c1ccccc1)C[C@H](c1ccccc1)N2. The number of carbonyl (C=O) groups excluding carboxylic acids is 2. The molecule has 2 aromatic carbocycles. The summed E-state index contributed by atoms with van der Waals surface area (Å²) in [5, 5.41) is 8.16. The van der Waals surface area contributed by atoms with Crippen molar-refractivity contribution in [1.82, 2.24) is 14.8 Å². The maximum absolute atomic E-state index is 13.1. The van der Waals surface area contributed by atoms with Gasteiger partial charge in [-0.3, -0.25) is 9.59 Å². The fourth-order valence-corrected chi connectivity index (χ4v) is 5.11. The number of benzene rings is 2. The van der Waals surface area contributed by atoms with E-state index in [-0.39, 0.29) is 41.7 Å². The minimum atomic E-state index is -0.303. The van der Waals surface area contributed by atoms with Gasteiger partial charge in [0.25, 0.3) is 5.95 Å². The summed E-state index contributed by atoms with van der Waals surface area (Å²) < 4.78 is 1.82. The van der Waals surface area contributed by atoms with Crippen LogP contribution in [0.3, 0.4) is 0 Å². The Balaban J connectivity index is 1.40. The van der Waals surface area contributed by atoms with Crippen LogP contribution in [0.2, 0.25) is 0 Å². The Morgan fingerprint density at radius 1 is 0.812 bits per heavy atom. The number of imide groups is 1. The van der Waals surface area contributed by atoms with E-state index in [9.17, 15) is 9.59 Å². The maximum Gasteiger partial charge on any atom is 0.260 e. The minimum absolute atomic E-state index is 0.0442. The first-order valence-electron chi connectivity index (χ1n) is 11.1. The van der Waals surface area contributed by atoms with Crippen LogP contribution in [0.1, 0.15) is 42.5 Å². The highest BCUT2D eigenvalue weighted by Crippen LogP contribution is 2.41. The predicted octanol–water partition coefficient (Wildman–Crippen LogP) is 3.88. The summed E-state index contributed by atoms with van der Waals surface area (Å²) in [5.41, 5.74) is 2.28. The molecule has 6 rings (SSSR count). The number of carbonyl (C=O) groups is 2. The normalized spacial score (nSPS) is 26.6. The molecule has 1 N–H and O–H groups in total. The molecule has 0 spiro atoms. The molecule has 1 saturated heterocycles. The number of allylic oxidation sites excluding steroid dienone is 2. The lowest BCUT2D eigenvalue weighted by molar-refractivity contribution is -0.122. The van der Waals surface area contributed by atoms with Crippen LogP contribution in [0.5, 0.6) is 0 Å². The van der Waals surface area contributed by atoms with Gasteiger partial charge in [-0.05, 0) is 30.4 Å². The van der Waals surface area contributed by atoms with Crippen molar-refractivity contribution in [3.63, 3.8) is 0 Å². The van der Waals surface area contributed by atoms with Gasteiger partial charge in [0.05, 0.1) is 23.9 Å². The molecule has 3 aromatic rings. The van der Waals surface area contributed by atoms with Gasteiger partial charge in [-0.1, -0.05) is 72.8 Å². The Labute approximate surface area is 185 Å². The van der Waals surface area contributed by atoms with Crippen LogP contribution in [0.15, 0.2) is 72.8 Å². The molecule has 3 aliphatic rings. The Morgan fingerprint density at radius 3 is 2.03 bits per heavy atom. The first-order chi connectivity index (χ1) is 15.7. The molecule has 0 saturated carbocycles. The minimum Gasteiger partial charge on any atom is -0.347 e. The molecular formula is C25H23N5O2. The van der Waals surface area contributed by atoms with Gasteiger partial charge >= 0.3 is 0 Å². The number of hydrogen-bond donors (Lipinski definition) is 1. The van der Waals surface area contributed by atoms with Crippen LogP contribution in [-0.2, 0) is 9.59 Å². The Hall–Kier alpha value is -3.74. The van der Waals surface area contributed by atoms with Gasteiger partial charge in [-0.15, -0.1) is 5.10 Å². The van der Waals surface area contributed by atoms with Crippen LogP contribution in [-0.4, -0.2) is 26.6 Å². The van der Waals surface area contributed by atoms with Crippen LogP contribution in [0, 0.1) is 11.8 Å². The molecule has 4 atom stereocenters. The molecule has 3 heterocycles. The van der Waals surface area contributed by atoms with Crippen molar-refractivity contribution in [2.75, 3.05) is 10.2 Å². The van der Waals surface area contributed by atoms with Crippen LogP contribution >= 0.6 is 0 Å². The third kappa shape index (κ3) is 2.96. The standard InChI is InChI=1S/C25H23N5O2/c31-22-18-13-7-8-14-19(18)23(32)29(22)25-27-24-26-20(16-9-3-1-4-10-16)15-21(30(24)28-25)17-11-5-2-6-12-17/h1-12,18-21H,13-15H2,(H,26,27,28)/t18-,19-,20+,21+/m0/s1. The molecule has 0 unspecified atom stereocenters. The summed E-state index contributed by atoms with van der Waals surface area (Å²) in [4.78, 5) is 32.0. The van der Waals surface area contributed by atoms with Crippen LogP contribution < -0.4 is 10.2 Å². The van der Waals surface area contributed by atoms with Crippen LogP contribution in [0.4, 0.5) is 11.9 Å². The van der Waals surface area contributed by atoms with E-state index >= 15 is 0 Å². The fourth-order valence-electron chi connectivity index (χ4n) is 5.11. The van der Waals surface area contributed by atoms with Crippen molar-refractivity contribution in [3.05, 3.63) is 83.9 Å². The highest BCUT2D eigenvalue weighted by molar-refractivity contribution is 6.21. The summed E-state index contributed by atoms with van der Waals surface area (Å²) in [6.45, 7) is 0. The fraction of sp³-hybridized carbons (Fsp3) is 0.280. The Morgan fingerprint density at radius 2 is 1.41 bits per heavy atom. The van der Waals surface area contributed by atoms with E-state index in [1.807, 2.05) is 53.2 Å². The molecule has 0 bridgehead atoms. The molecule has 2 aliphatic heterocycles. The van der Waals surface area contributed by atoms with Gasteiger partial charge in [0.2, 0.25) is 17.8 Å². The Bertz CT molecular complexity index is 1180. The van der Waals surface area contributed by atoms with E-state index in [4.69, 9.17) is 0 Å². The van der Waals surface area contributed by atoms with E-state index in [0.29, 0.717) is 18.8 Å². The lowest BCUT2D eigenvalue weighted by Gasteiger charge is -2.31. The second-order valence-electron chi connectivity index (χ2n) is 8.62. The molecule has 1 fully saturated rings. The van der Waals surface area contributed by atoms with Crippen LogP contribution in [0.25, 0.3) is 0 Å². The number of nitrogens with one attached hydrogen (secondary N) is 1. The Kier molecular flexibility index (Phi) is 4.41. The first kappa shape index (κ1) is 19.0. The maximum atomic E-state index is 13.1. The van der Waals surface area contributed by atoms with Gasteiger partial charge in [0, 0.05) is 0 Å². The number of aromatic nitrogens is 3. The summed E-state index contributed by atoms with van der Waals surface area (Å²) in [5.74, 6) is -0.244. The van der Waals surface area contributed by atoms with E-state index in [0.717, 1.165) is 17.5 Å². The molecule has 32 heavy (non-hydrogen) atoms. The van der Waals surface area contributed by atoms with Gasteiger partial charge in [-0.25, -0.2) is 9.58 Å². The molecule has 7 nitrogen and oxygen atoms in total. The number of rotatable bonds is 3. The second kappa shape index (κ2) is 7.44. The largest absolute Gasteiger partial charge is 0.347 e. The molecule has 160 valence electrons. The van der Waals surface area contributed by atoms with Gasteiger partial charge in [0.1, 0.15) is 0 Å². The molecule has 2 amide bonds.